The van der Waals surface area contributed by atoms with Crippen molar-refractivity contribution in [2.24, 2.45) is 5.92 Å². The fraction of sp³-hybridized carbons (Fsp3) is 0.562. The van der Waals surface area contributed by atoms with Gasteiger partial charge in [-0.15, -0.1) is 0 Å². The summed E-state index contributed by atoms with van der Waals surface area (Å²) in [6.45, 7) is 7.07. The second kappa shape index (κ2) is 5.89. The van der Waals surface area contributed by atoms with Crippen molar-refractivity contribution in [2.45, 2.75) is 43.9 Å². The van der Waals surface area contributed by atoms with Crippen LogP contribution in [0.15, 0.2) is 29.2 Å². The molecule has 1 fully saturated rings. The van der Waals surface area contributed by atoms with E-state index in [1.807, 2.05) is 12.1 Å². The van der Waals surface area contributed by atoms with Gasteiger partial charge >= 0.3 is 0 Å². The molecule has 0 bridgehead atoms. The second-order valence-corrected chi connectivity index (χ2v) is 8.61. The summed E-state index contributed by atoms with van der Waals surface area (Å²) >= 11 is 0. The number of hydrogen-bond acceptors (Lipinski definition) is 3. The highest BCUT2D eigenvalue weighted by Gasteiger charge is 2.30. The summed E-state index contributed by atoms with van der Waals surface area (Å²) < 4.78 is 26.7. The van der Waals surface area contributed by atoms with Gasteiger partial charge in [0.2, 0.25) is 10.0 Å². The number of hydrogen-bond donors (Lipinski definition) is 0. The van der Waals surface area contributed by atoms with Gasteiger partial charge in [-0.25, -0.2) is 8.42 Å². The van der Waals surface area contributed by atoms with Crippen LogP contribution in [0.5, 0.6) is 0 Å². The minimum Gasteiger partial charge on any atom is -0.303 e. The van der Waals surface area contributed by atoms with Gasteiger partial charge in [0.25, 0.3) is 0 Å². The van der Waals surface area contributed by atoms with Gasteiger partial charge in [0, 0.05) is 19.0 Å². The minimum absolute atomic E-state index is 0.00394. The third-order valence-electron chi connectivity index (χ3n) is 3.97. The lowest BCUT2D eigenvalue weighted by Gasteiger charge is -2.29. The quantitative estimate of drug-likeness (QED) is 0.806. The van der Waals surface area contributed by atoms with Crippen LogP contribution in [-0.4, -0.2) is 32.1 Å². The van der Waals surface area contributed by atoms with Crippen LogP contribution in [0.1, 0.15) is 39.2 Å². The zero-order chi connectivity index (χ0) is 15.7. The Balaban J connectivity index is 2.25. The van der Waals surface area contributed by atoms with Crippen molar-refractivity contribution in [3.63, 3.8) is 0 Å². The summed E-state index contributed by atoms with van der Waals surface area (Å²) in [5, 5.41) is 0. The largest absolute Gasteiger partial charge is 0.303 e. The van der Waals surface area contributed by atoms with Gasteiger partial charge in [-0.2, -0.15) is 4.31 Å². The molecule has 1 atom stereocenters. The normalized spacial score (nSPS) is 21.2. The highest BCUT2D eigenvalue weighted by molar-refractivity contribution is 7.89. The molecule has 1 saturated heterocycles. The van der Waals surface area contributed by atoms with Crippen molar-refractivity contribution in [2.75, 3.05) is 13.1 Å². The zero-order valence-electron chi connectivity index (χ0n) is 12.9. The summed E-state index contributed by atoms with van der Waals surface area (Å²) in [7, 11) is -3.49. The number of piperidine rings is 1. The second-order valence-electron chi connectivity index (χ2n) is 6.68. The Morgan fingerprint density at radius 2 is 1.81 bits per heavy atom. The van der Waals surface area contributed by atoms with Crippen molar-refractivity contribution in [3.8, 4) is 0 Å². The first kappa shape index (κ1) is 16.2. The molecule has 5 heteroatoms. The van der Waals surface area contributed by atoms with Gasteiger partial charge in [0.1, 0.15) is 6.29 Å². The number of rotatable bonds is 3. The van der Waals surface area contributed by atoms with Gasteiger partial charge in [-0.1, -0.05) is 32.9 Å². The molecule has 116 valence electrons. The molecule has 1 aromatic rings. The first-order valence-electron chi connectivity index (χ1n) is 7.31. The summed E-state index contributed by atoms with van der Waals surface area (Å²) in [6.07, 6.45) is 2.38. The molecule has 1 unspecified atom stereocenters. The lowest BCUT2D eigenvalue weighted by Crippen LogP contribution is -2.40. The maximum atomic E-state index is 12.6. The molecule has 0 N–H and O–H groups in total. The standard InChI is InChI=1S/C16H23NO3S/c1-16(2,3)14-6-8-15(9-7-14)21(19,20)17-10-4-5-13(11-17)12-18/h6-9,12-13H,4-5,10-11H2,1-3H3. The van der Waals surface area contributed by atoms with Crippen molar-refractivity contribution in [1.29, 1.82) is 0 Å². The number of benzene rings is 1. The van der Waals surface area contributed by atoms with Crippen LogP contribution in [0.25, 0.3) is 0 Å². The van der Waals surface area contributed by atoms with E-state index in [1.54, 1.807) is 12.1 Å². The fourth-order valence-electron chi connectivity index (χ4n) is 2.58. The number of nitrogens with zero attached hydrogens (tertiary/aromatic N) is 1. The molecule has 1 aromatic carbocycles. The monoisotopic (exact) mass is 309 g/mol. The van der Waals surface area contributed by atoms with Crippen LogP contribution in [0.3, 0.4) is 0 Å². The van der Waals surface area contributed by atoms with Crippen LogP contribution >= 0.6 is 0 Å². The lowest BCUT2D eigenvalue weighted by atomic mass is 9.87. The van der Waals surface area contributed by atoms with Crippen molar-refractivity contribution < 1.29 is 13.2 Å². The lowest BCUT2D eigenvalue weighted by molar-refractivity contribution is -0.112. The molecule has 1 heterocycles. The number of carbonyl (C=O) groups excluding carboxylic acids is 1. The Kier molecular flexibility index (Phi) is 4.54. The Labute approximate surface area is 127 Å². The summed E-state index contributed by atoms with van der Waals surface area (Å²) in [5.74, 6) is -0.178. The molecular weight excluding hydrogens is 286 g/mol. The first-order valence-corrected chi connectivity index (χ1v) is 8.75. The zero-order valence-corrected chi connectivity index (χ0v) is 13.7. The van der Waals surface area contributed by atoms with Crippen molar-refractivity contribution in [1.82, 2.24) is 4.31 Å². The Bertz CT molecular complexity index is 599. The maximum absolute atomic E-state index is 12.6. The molecule has 1 aliphatic heterocycles. The van der Waals surface area contributed by atoms with E-state index in [9.17, 15) is 13.2 Å². The van der Waals surface area contributed by atoms with Crippen LogP contribution in [0.4, 0.5) is 0 Å². The Morgan fingerprint density at radius 1 is 1.19 bits per heavy atom. The summed E-state index contributed by atoms with van der Waals surface area (Å²) in [5.41, 5.74) is 1.10. The predicted molar refractivity (Wildman–Crippen MR) is 82.7 cm³/mol. The van der Waals surface area contributed by atoms with E-state index in [1.165, 1.54) is 4.31 Å². The van der Waals surface area contributed by atoms with Crippen LogP contribution in [0, 0.1) is 5.92 Å². The molecular formula is C16H23NO3S. The molecule has 0 radical (unpaired) electrons. The van der Waals surface area contributed by atoms with E-state index in [2.05, 4.69) is 20.8 Å². The summed E-state index contributed by atoms with van der Waals surface area (Å²) in [6, 6.07) is 7.07. The van der Waals surface area contributed by atoms with Gasteiger partial charge < -0.3 is 4.79 Å². The van der Waals surface area contributed by atoms with E-state index in [0.717, 1.165) is 24.7 Å². The average molecular weight is 309 g/mol. The van der Waals surface area contributed by atoms with E-state index >= 15 is 0 Å². The Hall–Kier alpha value is -1.20. The molecule has 0 aromatic heterocycles. The van der Waals surface area contributed by atoms with Gasteiger partial charge in [0.15, 0.2) is 0 Å². The van der Waals surface area contributed by atoms with Crippen LogP contribution < -0.4 is 0 Å². The first-order chi connectivity index (χ1) is 9.75. The van der Waals surface area contributed by atoms with E-state index in [0.29, 0.717) is 18.0 Å². The van der Waals surface area contributed by atoms with Gasteiger partial charge in [-0.05, 0) is 36.0 Å². The van der Waals surface area contributed by atoms with Crippen molar-refractivity contribution in [3.05, 3.63) is 29.8 Å². The minimum atomic E-state index is -3.49. The third-order valence-corrected chi connectivity index (χ3v) is 5.85. The molecule has 4 nitrogen and oxygen atoms in total. The van der Waals surface area contributed by atoms with Crippen LogP contribution in [-0.2, 0) is 20.2 Å². The summed E-state index contributed by atoms with van der Waals surface area (Å²) in [4.78, 5) is 11.2. The molecule has 21 heavy (non-hydrogen) atoms. The van der Waals surface area contributed by atoms with Gasteiger partial charge in [-0.3, -0.25) is 0 Å². The smallest absolute Gasteiger partial charge is 0.243 e. The highest BCUT2D eigenvalue weighted by atomic mass is 32.2. The molecule has 1 aliphatic rings. The van der Waals surface area contributed by atoms with E-state index in [4.69, 9.17) is 0 Å². The topological polar surface area (TPSA) is 54.5 Å². The predicted octanol–water partition coefficient (Wildman–Crippen LogP) is 2.58. The SMILES string of the molecule is CC(C)(C)c1ccc(S(=O)(=O)N2CCCC(C=O)C2)cc1. The van der Waals surface area contributed by atoms with Gasteiger partial charge in [0.05, 0.1) is 4.90 Å². The highest BCUT2D eigenvalue weighted by Crippen LogP contribution is 2.26. The fourth-order valence-corrected chi connectivity index (χ4v) is 4.11. The Morgan fingerprint density at radius 3 is 2.33 bits per heavy atom. The number of sulfonamides is 1. The molecule has 0 amide bonds. The molecule has 0 aliphatic carbocycles. The maximum Gasteiger partial charge on any atom is 0.243 e. The average Bonchev–Trinajstić information content (AvgIpc) is 2.46. The van der Waals surface area contributed by atoms with E-state index in [-0.39, 0.29) is 11.3 Å². The molecule has 2 rings (SSSR count). The molecule has 0 saturated carbocycles. The van der Waals surface area contributed by atoms with Crippen LogP contribution in [0.2, 0.25) is 0 Å². The van der Waals surface area contributed by atoms with E-state index < -0.39 is 10.0 Å². The molecule has 0 spiro atoms. The number of aldehydes is 1. The number of carbonyl (C=O) groups is 1. The van der Waals surface area contributed by atoms with Crippen molar-refractivity contribution >= 4 is 16.3 Å². The third kappa shape index (κ3) is 3.52.